The summed E-state index contributed by atoms with van der Waals surface area (Å²) in [5.74, 6) is -4.98. The largest absolute Gasteiger partial charge is 0.464 e. The van der Waals surface area contributed by atoms with Gasteiger partial charge in [0, 0.05) is 11.8 Å². The summed E-state index contributed by atoms with van der Waals surface area (Å²) >= 11 is 0. The van der Waals surface area contributed by atoms with Crippen LogP contribution in [0.25, 0.3) is 0 Å². The van der Waals surface area contributed by atoms with Crippen molar-refractivity contribution in [3.8, 4) is 6.07 Å². The summed E-state index contributed by atoms with van der Waals surface area (Å²) in [5.41, 5.74) is 0.994. The molecule has 38 heavy (non-hydrogen) atoms. The Morgan fingerprint density at radius 1 is 0.868 bits per heavy atom. The SMILES string of the molecule is CCOC(=O)C1=C(N)[C@](C#N)(C(=O)OCC)[C@@H](c2ccc(C(F)(F)F)cc2)[C@@H]1c1ccc(C(F)(F)F)cc1. The molecule has 0 radical (unpaired) electrons. The lowest BCUT2D eigenvalue weighted by molar-refractivity contribution is -0.151. The van der Waals surface area contributed by atoms with Crippen molar-refractivity contribution >= 4 is 11.9 Å². The van der Waals surface area contributed by atoms with Gasteiger partial charge in [-0.3, -0.25) is 0 Å². The Kier molecular flexibility index (Phi) is 7.81. The first-order valence-electron chi connectivity index (χ1n) is 11.3. The van der Waals surface area contributed by atoms with E-state index in [1.165, 1.54) is 13.8 Å². The predicted molar refractivity (Wildman–Crippen MR) is 121 cm³/mol. The van der Waals surface area contributed by atoms with E-state index in [2.05, 4.69) is 0 Å². The van der Waals surface area contributed by atoms with Crippen molar-refractivity contribution in [2.45, 2.75) is 38.0 Å². The Balaban J connectivity index is 2.35. The zero-order valence-electron chi connectivity index (χ0n) is 20.1. The van der Waals surface area contributed by atoms with Crippen LogP contribution in [-0.2, 0) is 31.4 Å². The standard InChI is InChI=1S/C26H22F6N2O4/c1-3-37-22(35)19-18(14-5-9-16(10-6-14)25(27,28)29)20(15-7-11-17(12-8-15)26(30,31)32)24(13-33,21(19)34)23(36)38-4-2/h5-12,18,20H,3-4,34H2,1-2H3/t18-,20+,24-/m1/s1. The minimum Gasteiger partial charge on any atom is -0.464 e. The van der Waals surface area contributed by atoms with Crippen LogP contribution in [0.15, 0.2) is 59.8 Å². The Morgan fingerprint density at radius 3 is 1.71 bits per heavy atom. The Bertz CT molecular complexity index is 1280. The second-order valence-corrected chi connectivity index (χ2v) is 8.38. The lowest BCUT2D eigenvalue weighted by Gasteiger charge is -2.32. The van der Waals surface area contributed by atoms with Crippen molar-refractivity contribution in [1.29, 1.82) is 5.26 Å². The summed E-state index contributed by atoms with van der Waals surface area (Å²) < 4.78 is 89.5. The Morgan fingerprint density at radius 2 is 1.32 bits per heavy atom. The zero-order chi connectivity index (χ0) is 28.5. The van der Waals surface area contributed by atoms with Crippen molar-refractivity contribution in [1.82, 2.24) is 0 Å². The number of halogens is 6. The maximum absolute atomic E-state index is 13.3. The normalized spacial score (nSPS) is 21.7. The molecule has 0 unspecified atom stereocenters. The van der Waals surface area contributed by atoms with Gasteiger partial charge in [-0.05, 0) is 49.2 Å². The second-order valence-electron chi connectivity index (χ2n) is 8.38. The number of alkyl halides is 6. The summed E-state index contributed by atoms with van der Waals surface area (Å²) in [6.07, 6.45) is -9.37. The molecule has 0 bridgehead atoms. The van der Waals surface area contributed by atoms with Gasteiger partial charge >= 0.3 is 24.3 Å². The first-order chi connectivity index (χ1) is 17.7. The molecule has 1 aliphatic rings. The number of hydrogen-bond acceptors (Lipinski definition) is 6. The van der Waals surface area contributed by atoms with E-state index in [1.54, 1.807) is 6.07 Å². The molecule has 0 aliphatic heterocycles. The van der Waals surface area contributed by atoms with E-state index in [0.717, 1.165) is 48.5 Å². The second kappa shape index (κ2) is 10.4. The summed E-state index contributed by atoms with van der Waals surface area (Å²) in [6, 6.07) is 8.90. The summed E-state index contributed by atoms with van der Waals surface area (Å²) in [6.45, 7) is 2.59. The maximum atomic E-state index is 13.3. The molecule has 1 aliphatic carbocycles. The molecule has 0 aromatic heterocycles. The number of hydrogen-bond donors (Lipinski definition) is 1. The molecule has 12 heteroatoms. The molecule has 2 aromatic rings. The fraction of sp³-hybridized carbons (Fsp3) is 0.346. The highest BCUT2D eigenvalue weighted by Crippen LogP contribution is 2.59. The molecule has 0 saturated carbocycles. The summed E-state index contributed by atoms with van der Waals surface area (Å²) in [5, 5.41) is 10.3. The van der Waals surface area contributed by atoms with Gasteiger partial charge < -0.3 is 15.2 Å². The van der Waals surface area contributed by atoms with E-state index in [1.807, 2.05) is 0 Å². The Labute approximate surface area is 213 Å². The van der Waals surface area contributed by atoms with Gasteiger partial charge in [0.25, 0.3) is 0 Å². The van der Waals surface area contributed by atoms with Crippen molar-refractivity contribution < 1.29 is 45.4 Å². The van der Waals surface area contributed by atoms with Gasteiger partial charge in [0.1, 0.15) is 0 Å². The number of nitrogens with two attached hydrogens (primary N) is 1. The van der Waals surface area contributed by atoms with Crippen molar-refractivity contribution in [2.24, 2.45) is 11.1 Å². The number of benzene rings is 2. The lowest BCUT2D eigenvalue weighted by atomic mass is 9.68. The Hall–Kier alpha value is -4.01. The van der Waals surface area contributed by atoms with E-state index in [0.29, 0.717) is 0 Å². The molecule has 0 saturated heterocycles. The molecule has 0 spiro atoms. The van der Waals surface area contributed by atoms with Crippen molar-refractivity contribution in [3.05, 3.63) is 82.1 Å². The third-order valence-corrected chi connectivity index (χ3v) is 6.29. The van der Waals surface area contributed by atoms with Gasteiger partial charge in [-0.2, -0.15) is 31.6 Å². The molecule has 3 atom stereocenters. The lowest BCUT2D eigenvalue weighted by Crippen LogP contribution is -2.40. The van der Waals surface area contributed by atoms with E-state index in [9.17, 15) is 41.2 Å². The summed E-state index contributed by atoms with van der Waals surface area (Å²) in [4.78, 5) is 26.3. The number of esters is 2. The zero-order valence-corrected chi connectivity index (χ0v) is 20.1. The van der Waals surface area contributed by atoms with Gasteiger partial charge in [-0.1, -0.05) is 24.3 Å². The van der Waals surface area contributed by atoms with Gasteiger partial charge in [0.15, 0.2) is 0 Å². The van der Waals surface area contributed by atoms with Crippen LogP contribution >= 0.6 is 0 Å². The molecule has 2 aromatic carbocycles. The van der Waals surface area contributed by atoms with Gasteiger partial charge in [-0.25, -0.2) is 9.59 Å². The molecule has 0 amide bonds. The van der Waals surface area contributed by atoms with Crippen molar-refractivity contribution in [2.75, 3.05) is 13.2 Å². The molecule has 0 fully saturated rings. The number of nitrogens with zero attached hydrogens (tertiary/aromatic N) is 1. The quantitative estimate of drug-likeness (QED) is 0.386. The molecular weight excluding hydrogens is 518 g/mol. The highest BCUT2D eigenvalue weighted by molar-refractivity contribution is 5.98. The van der Waals surface area contributed by atoms with Gasteiger partial charge in [0.05, 0.1) is 41.7 Å². The third kappa shape index (κ3) is 4.92. The molecule has 6 nitrogen and oxygen atoms in total. The topological polar surface area (TPSA) is 102 Å². The first-order valence-corrected chi connectivity index (χ1v) is 11.3. The van der Waals surface area contributed by atoms with E-state index >= 15 is 0 Å². The van der Waals surface area contributed by atoms with Crippen LogP contribution in [0.2, 0.25) is 0 Å². The number of carbonyl (C=O) groups excluding carboxylic acids is 2. The average Bonchev–Trinajstić information content (AvgIpc) is 3.12. The number of rotatable bonds is 6. The van der Waals surface area contributed by atoms with Gasteiger partial charge in [-0.15, -0.1) is 0 Å². The van der Waals surface area contributed by atoms with Crippen LogP contribution in [0.5, 0.6) is 0 Å². The van der Waals surface area contributed by atoms with Crippen LogP contribution in [0.4, 0.5) is 26.3 Å². The number of ether oxygens (including phenoxy) is 2. The predicted octanol–water partition coefficient (Wildman–Crippen LogP) is 5.45. The monoisotopic (exact) mass is 540 g/mol. The van der Waals surface area contributed by atoms with Gasteiger partial charge in [0.2, 0.25) is 5.41 Å². The molecular formula is C26H22F6N2O4. The number of carbonyl (C=O) groups is 2. The third-order valence-electron chi connectivity index (χ3n) is 6.29. The fourth-order valence-electron chi connectivity index (χ4n) is 4.63. The van der Waals surface area contributed by atoms with Crippen LogP contribution < -0.4 is 5.73 Å². The fourth-order valence-corrected chi connectivity index (χ4v) is 4.63. The van der Waals surface area contributed by atoms with Crippen LogP contribution in [0, 0.1) is 16.7 Å². The molecule has 2 N–H and O–H groups in total. The number of nitriles is 1. The van der Waals surface area contributed by atoms with Crippen LogP contribution in [0.3, 0.4) is 0 Å². The van der Waals surface area contributed by atoms with Crippen molar-refractivity contribution in [3.63, 3.8) is 0 Å². The molecule has 202 valence electrons. The van der Waals surface area contributed by atoms with Crippen LogP contribution in [-0.4, -0.2) is 25.2 Å². The minimum atomic E-state index is -4.69. The van der Waals surface area contributed by atoms with E-state index in [-0.39, 0.29) is 29.9 Å². The molecule has 0 heterocycles. The van der Waals surface area contributed by atoms with E-state index < -0.39 is 58.4 Å². The average molecular weight is 540 g/mol. The summed E-state index contributed by atoms with van der Waals surface area (Å²) in [7, 11) is 0. The highest BCUT2D eigenvalue weighted by atomic mass is 19.4. The highest BCUT2D eigenvalue weighted by Gasteiger charge is 2.62. The van der Waals surface area contributed by atoms with Crippen LogP contribution in [0.1, 0.15) is 47.9 Å². The smallest absolute Gasteiger partial charge is 0.416 e. The van der Waals surface area contributed by atoms with E-state index in [4.69, 9.17) is 15.2 Å². The molecule has 3 rings (SSSR count). The maximum Gasteiger partial charge on any atom is 0.416 e. The minimum absolute atomic E-state index is 0.000232. The first kappa shape index (κ1) is 28.6.